The lowest BCUT2D eigenvalue weighted by molar-refractivity contribution is 0.172. The molecule has 1 aliphatic heterocycles. The van der Waals surface area contributed by atoms with Crippen LogP contribution in [0.3, 0.4) is 0 Å². The molecule has 2 aliphatic rings. The fraction of sp³-hybridized carbons (Fsp3) is 0.562. The van der Waals surface area contributed by atoms with Crippen LogP contribution >= 0.6 is 0 Å². The predicted octanol–water partition coefficient (Wildman–Crippen LogP) is 0.781. The van der Waals surface area contributed by atoms with E-state index in [1.807, 2.05) is 0 Å². The van der Waals surface area contributed by atoms with Gasteiger partial charge in [0.15, 0.2) is 0 Å². The number of nitrogens with one attached hydrogen (secondary N) is 1. The molecule has 0 aromatic carbocycles. The monoisotopic (exact) mass is 363 g/mol. The van der Waals surface area contributed by atoms with Crippen molar-refractivity contribution in [3.8, 4) is 0 Å². The minimum Gasteiger partial charge on any atom is -0.281 e. The van der Waals surface area contributed by atoms with E-state index in [9.17, 15) is 13.2 Å². The molecule has 2 fully saturated rings. The van der Waals surface area contributed by atoms with Gasteiger partial charge in [-0.1, -0.05) is 0 Å². The number of rotatable bonds is 5. The molecule has 4 rings (SSSR count). The molecule has 1 saturated carbocycles. The highest BCUT2D eigenvalue weighted by Crippen LogP contribution is 2.38. The van der Waals surface area contributed by atoms with Gasteiger partial charge in [-0.05, 0) is 32.8 Å². The average Bonchev–Trinajstić information content (AvgIpc) is 3.29. The normalized spacial score (nSPS) is 19.1. The fourth-order valence-electron chi connectivity index (χ4n) is 3.32. The van der Waals surface area contributed by atoms with Gasteiger partial charge in [-0.25, -0.2) is 13.1 Å². The number of aromatic amines is 1. The highest BCUT2D eigenvalue weighted by molar-refractivity contribution is 7.89. The molecule has 0 unspecified atom stereocenters. The van der Waals surface area contributed by atoms with Crippen molar-refractivity contribution in [3.05, 3.63) is 39.6 Å². The van der Waals surface area contributed by atoms with Crippen LogP contribution in [0.15, 0.2) is 21.8 Å². The maximum Gasteiger partial charge on any atom is 0.266 e. The summed E-state index contributed by atoms with van der Waals surface area (Å²) in [5.74, 6) is 0.582. The Hall–Kier alpha value is -2.00. The Balaban J connectivity index is 1.46. The summed E-state index contributed by atoms with van der Waals surface area (Å²) < 4.78 is 28.4. The maximum atomic E-state index is 12.7. The first-order chi connectivity index (χ1) is 11.9. The summed E-state index contributed by atoms with van der Waals surface area (Å²) >= 11 is 0. The summed E-state index contributed by atoms with van der Waals surface area (Å²) in [7, 11) is -3.54. The van der Waals surface area contributed by atoms with Gasteiger partial charge in [0.1, 0.15) is 4.90 Å². The summed E-state index contributed by atoms with van der Waals surface area (Å²) in [4.78, 5) is 12.3. The molecule has 3 heterocycles. The molecule has 2 aromatic rings. The van der Waals surface area contributed by atoms with Crippen molar-refractivity contribution in [2.75, 3.05) is 13.1 Å². The molecule has 1 aliphatic carbocycles. The van der Waals surface area contributed by atoms with Crippen LogP contribution in [0.5, 0.6) is 0 Å². The predicted molar refractivity (Wildman–Crippen MR) is 90.8 cm³/mol. The molecule has 0 spiro atoms. The lowest BCUT2D eigenvalue weighted by Crippen LogP contribution is -2.52. The standard InChI is InChI=1S/C16H21N5O3S/c1-10-16(11(2)18-17-10)25(23,24)20-7-12(8-20)9-21-15(22)6-5-14(19-21)13-3-4-13/h5-6,12-13H,3-4,7-9H2,1-2H3,(H,17,18). The second-order valence-corrected chi connectivity index (χ2v) is 8.88. The molecule has 0 amide bonds. The number of hydrogen-bond acceptors (Lipinski definition) is 5. The van der Waals surface area contributed by atoms with Crippen LogP contribution in [0.2, 0.25) is 0 Å². The molecule has 1 N–H and O–H groups in total. The first-order valence-corrected chi connectivity index (χ1v) is 9.90. The van der Waals surface area contributed by atoms with Gasteiger partial charge in [0.25, 0.3) is 5.56 Å². The lowest BCUT2D eigenvalue weighted by Gasteiger charge is -2.38. The van der Waals surface area contributed by atoms with E-state index in [4.69, 9.17) is 0 Å². The number of hydrogen-bond donors (Lipinski definition) is 1. The quantitative estimate of drug-likeness (QED) is 0.846. The number of aromatic nitrogens is 4. The molecule has 9 heteroatoms. The van der Waals surface area contributed by atoms with E-state index < -0.39 is 10.0 Å². The van der Waals surface area contributed by atoms with Crippen LogP contribution in [0.1, 0.15) is 35.8 Å². The molecular weight excluding hydrogens is 342 g/mol. The van der Waals surface area contributed by atoms with E-state index >= 15 is 0 Å². The summed E-state index contributed by atoms with van der Waals surface area (Å²) in [5, 5.41) is 11.1. The summed E-state index contributed by atoms with van der Waals surface area (Å²) in [5.41, 5.74) is 1.87. The van der Waals surface area contributed by atoms with Crippen molar-refractivity contribution in [1.82, 2.24) is 24.3 Å². The second kappa shape index (κ2) is 5.77. The summed E-state index contributed by atoms with van der Waals surface area (Å²) in [6.07, 6.45) is 2.26. The van der Waals surface area contributed by atoms with Crippen molar-refractivity contribution < 1.29 is 8.42 Å². The third-order valence-corrected chi connectivity index (χ3v) is 6.99. The third-order valence-electron chi connectivity index (χ3n) is 4.90. The van der Waals surface area contributed by atoms with Gasteiger partial charge in [0, 0.05) is 31.0 Å². The third kappa shape index (κ3) is 2.91. The van der Waals surface area contributed by atoms with E-state index in [0.717, 1.165) is 18.5 Å². The number of sulfonamides is 1. The highest BCUT2D eigenvalue weighted by atomic mass is 32.2. The van der Waals surface area contributed by atoms with Crippen LogP contribution in [0.25, 0.3) is 0 Å². The van der Waals surface area contributed by atoms with Gasteiger partial charge in [-0.3, -0.25) is 9.89 Å². The van der Waals surface area contributed by atoms with E-state index in [-0.39, 0.29) is 16.4 Å². The zero-order chi connectivity index (χ0) is 17.8. The van der Waals surface area contributed by atoms with Gasteiger partial charge in [-0.15, -0.1) is 0 Å². The number of aryl methyl sites for hydroxylation is 2. The molecule has 0 bridgehead atoms. The molecule has 0 radical (unpaired) electrons. The SMILES string of the molecule is Cc1n[nH]c(C)c1S(=O)(=O)N1CC(Cn2nc(C3CC3)ccc2=O)C1. The minimum atomic E-state index is -3.54. The van der Waals surface area contributed by atoms with Gasteiger partial charge in [-0.2, -0.15) is 14.5 Å². The molecule has 1 saturated heterocycles. The van der Waals surface area contributed by atoms with E-state index in [2.05, 4.69) is 15.3 Å². The Kier molecular flexibility index (Phi) is 3.80. The van der Waals surface area contributed by atoms with E-state index in [1.54, 1.807) is 26.0 Å². The Morgan fingerprint density at radius 3 is 2.56 bits per heavy atom. The van der Waals surface area contributed by atoms with Crippen molar-refractivity contribution in [2.45, 2.75) is 44.0 Å². The van der Waals surface area contributed by atoms with Gasteiger partial charge in [0.2, 0.25) is 10.0 Å². The Morgan fingerprint density at radius 2 is 1.96 bits per heavy atom. The van der Waals surface area contributed by atoms with Crippen molar-refractivity contribution >= 4 is 10.0 Å². The highest BCUT2D eigenvalue weighted by Gasteiger charge is 2.39. The molecule has 134 valence electrons. The number of H-pyrrole nitrogens is 1. The van der Waals surface area contributed by atoms with Crippen molar-refractivity contribution in [2.24, 2.45) is 5.92 Å². The zero-order valence-corrected chi connectivity index (χ0v) is 15.1. The Labute approximate surface area is 145 Å². The summed E-state index contributed by atoms with van der Waals surface area (Å²) in [6.45, 7) is 4.63. The second-order valence-electron chi connectivity index (χ2n) is 7.00. The smallest absolute Gasteiger partial charge is 0.266 e. The summed E-state index contributed by atoms with van der Waals surface area (Å²) in [6, 6.07) is 3.37. The minimum absolute atomic E-state index is 0.0990. The van der Waals surface area contributed by atoms with E-state index in [0.29, 0.717) is 36.9 Å². The van der Waals surface area contributed by atoms with Crippen LogP contribution < -0.4 is 5.56 Å². The van der Waals surface area contributed by atoms with Gasteiger partial charge >= 0.3 is 0 Å². The largest absolute Gasteiger partial charge is 0.281 e. The van der Waals surface area contributed by atoms with E-state index in [1.165, 1.54) is 8.99 Å². The van der Waals surface area contributed by atoms with Crippen LogP contribution in [-0.2, 0) is 16.6 Å². The van der Waals surface area contributed by atoms with Gasteiger partial charge in [0.05, 0.1) is 23.6 Å². The molecule has 8 nitrogen and oxygen atoms in total. The van der Waals surface area contributed by atoms with Crippen molar-refractivity contribution in [3.63, 3.8) is 0 Å². The topological polar surface area (TPSA) is 101 Å². The van der Waals surface area contributed by atoms with Crippen LogP contribution in [0.4, 0.5) is 0 Å². The van der Waals surface area contributed by atoms with Gasteiger partial charge < -0.3 is 0 Å². The first kappa shape index (κ1) is 16.5. The molecule has 0 atom stereocenters. The fourth-order valence-corrected chi connectivity index (χ4v) is 5.24. The van der Waals surface area contributed by atoms with Crippen LogP contribution in [-0.4, -0.2) is 45.8 Å². The first-order valence-electron chi connectivity index (χ1n) is 8.46. The van der Waals surface area contributed by atoms with Crippen molar-refractivity contribution in [1.29, 1.82) is 0 Å². The Bertz CT molecular complexity index is 948. The average molecular weight is 363 g/mol. The maximum absolute atomic E-state index is 12.7. The number of nitrogens with zero attached hydrogens (tertiary/aromatic N) is 4. The zero-order valence-electron chi connectivity index (χ0n) is 14.3. The molecule has 25 heavy (non-hydrogen) atoms. The molecule has 2 aromatic heterocycles. The van der Waals surface area contributed by atoms with Crippen LogP contribution in [0, 0.1) is 19.8 Å². The lowest BCUT2D eigenvalue weighted by atomic mass is 10.0. The molecular formula is C16H21N5O3S. The Morgan fingerprint density at radius 1 is 1.24 bits per heavy atom.